The number of hydrazone groups is 1. The number of aliphatic carboxylic acids is 1. The number of carboxylic acids is 1. The van der Waals surface area contributed by atoms with Gasteiger partial charge in [0.25, 0.3) is 5.97 Å². The van der Waals surface area contributed by atoms with Gasteiger partial charge in [0.1, 0.15) is 5.75 Å². The summed E-state index contributed by atoms with van der Waals surface area (Å²) >= 11 is 6.21. The topological polar surface area (TPSA) is 121 Å². The van der Waals surface area contributed by atoms with Crippen LogP contribution in [0.2, 0.25) is 5.02 Å². The molecule has 1 aromatic rings. The molecule has 0 unspecified atom stereocenters. The molecule has 0 saturated heterocycles. The van der Waals surface area contributed by atoms with Crippen LogP contribution in [0.4, 0.5) is 0 Å². The van der Waals surface area contributed by atoms with Gasteiger partial charge in [-0.3, -0.25) is 10.2 Å². The summed E-state index contributed by atoms with van der Waals surface area (Å²) in [6.45, 7) is 1.82. The van der Waals surface area contributed by atoms with E-state index in [1.807, 2.05) is 12.1 Å². The molecule has 138 valence electrons. The average Bonchev–Trinajstić information content (AvgIpc) is 2.54. The first-order chi connectivity index (χ1) is 11.9. The van der Waals surface area contributed by atoms with E-state index in [1.165, 1.54) is 32.1 Å². The molecule has 0 spiro atoms. The third-order valence-electron chi connectivity index (χ3n) is 3.55. The van der Waals surface area contributed by atoms with Crippen molar-refractivity contribution in [2.45, 2.75) is 39.0 Å². The second-order valence-electron chi connectivity index (χ2n) is 5.81. The number of halogens is 1. The summed E-state index contributed by atoms with van der Waals surface area (Å²) in [6.07, 6.45) is 8.01. The van der Waals surface area contributed by atoms with E-state index in [0.717, 1.165) is 19.1 Å². The minimum atomic E-state index is -0.833. The molecule has 1 aliphatic rings. The Morgan fingerprint density at radius 1 is 1.48 bits per heavy atom. The molecule has 0 aromatic heterocycles. The number of benzene rings is 1. The van der Waals surface area contributed by atoms with Crippen molar-refractivity contribution >= 4 is 29.7 Å². The Balaban J connectivity index is 0.000000705. The molecule has 5 N–H and O–H groups in total. The lowest BCUT2D eigenvalue weighted by Gasteiger charge is -2.22. The first-order valence-electron chi connectivity index (χ1n) is 8.13. The lowest BCUT2D eigenvalue weighted by atomic mass is 9.90. The molecule has 25 heavy (non-hydrogen) atoms. The SMILES string of the molecule is CC(=O)O.N=C(N)NN=Cc1ccc(OCC2CCCCC2)c(Cl)c1. The van der Waals surface area contributed by atoms with E-state index in [4.69, 9.17) is 37.4 Å². The number of guanidine groups is 1. The normalized spacial score (nSPS) is 14.5. The van der Waals surface area contributed by atoms with Gasteiger partial charge in [-0.1, -0.05) is 30.9 Å². The smallest absolute Gasteiger partial charge is 0.300 e. The van der Waals surface area contributed by atoms with Gasteiger partial charge in [0.15, 0.2) is 0 Å². The van der Waals surface area contributed by atoms with E-state index >= 15 is 0 Å². The number of nitrogens with two attached hydrogens (primary N) is 1. The van der Waals surface area contributed by atoms with Crippen molar-refractivity contribution < 1.29 is 14.6 Å². The van der Waals surface area contributed by atoms with Crippen LogP contribution >= 0.6 is 11.6 Å². The van der Waals surface area contributed by atoms with Crippen LogP contribution in [0.5, 0.6) is 5.75 Å². The van der Waals surface area contributed by atoms with Crippen LogP contribution in [-0.4, -0.2) is 29.9 Å². The van der Waals surface area contributed by atoms with Crippen molar-refractivity contribution in [3.63, 3.8) is 0 Å². The Bertz CT molecular complexity index is 598. The Labute approximate surface area is 152 Å². The zero-order valence-electron chi connectivity index (χ0n) is 14.3. The largest absolute Gasteiger partial charge is 0.492 e. The van der Waals surface area contributed by atoms with E-state index < -0.39 is 5.97 Å². The second kappa shape index (κ2) is 11.3. The first-order valence-corrected chi connectivity index (χ1v) is 8.51. The number of carbonyl (C=O) groups is 1. The van der Waals surface area contributed by atoms with Crippen LogP contribution in [-0.2, 0) is 4.79 Å². The molecule has 1 aromatic carbocycles. The van der Waals surface area contributed by atoms with Gasteiger partial charge in [-0.05, 0) is 42.5 Å². The second-order valence-corrected chi connectivity index (χ2v) is 6.21. The van der Waals surface area contributed by atoms with E-state index in [2.05, 4.69) is 10.5 Å². The fourth-order valence-electron chi connectivity index (χ4n) is 2.45. The third kappa shape index (κ3) is 9.56. The predicted octanol–water partition coefficient (Wildman–Crippen LogP) is 3.21. The van der Waals surface area contributed by atoms with Gasteiger partial charge in [-0.2, -0.15) is 5.10 Å². The molecule has 1 saturated carbocycles. The van der Waals surface area contributed by atoms with Gasteiger partial charge >= 0.3 is 0 Å². The Morgan fingerprint density at radius 3 is 2.68 bits per heavy atom. The number of nitrogens with one attached hydrogen (secondary N) is 2. The van der Waals surface area contributed by atoms with E-state index in [9.17, 15) is 0 Å². The molecule has 1 fully saturated rings. The van der Waals surface area contributed by atoms with E-state index in [0.29, 0.717) is 16.7 Å². The molecule has 2 rings (SSSR count). The lowest BCUT2D eigenvalue weighted by molar-refractivity contribution is -0.134. The summed E-state index contributed by atoms with van der Waals surface area (Å²) in [4.78, 5) is 9.00. The monoisotopic (exact) mass is 368 g/mol. The van der Waals surface area contributed by atoms with Crippen LogP contribution in [0.25, 0.3) is 0 Å². The maximum Gasteiger partial charge on any atom is 0.300 e. The highest BCUT2D eigenvalue weighted by atomic mass is 35.5. The molecule has 0 heterocycles. The molecule has 0 atom stereocenters. The fraction of sp³-hybridized carbons (Fsp3) is 0.471. The Morgan fingerprint density at radius 2 is 2.12 bits per heavy atom. The standard InChI is InChI=1S/C15H21ClN4O.C2H4O2/c16-13-8-12(9-19-20-15(17)18)6-7-14(13)21-10-11-4-2-1-3-5-11;1-2(3)4/h6-9,11H,1-5,10H2,(H4,17,18,20);1H3,(H,3,4). The zero-order chi connectivity index (χ0) is 18.7. The summed E-state index contributed by atoms with van der Waals surface area (Å²) < 4.78 is 5.83. The molecular formula is C17H25ClN4O3. The number of rotatable bonds is 5. The average molecular weight is 369 g/mol. The summed E-state index contributed by atoms with van der Waals surface area (Å²) in [6, 6.07) is 5.50. The minimum absolute atomic E-state index is 0.204. The van der Waals surface area contributed by atoms with Gasteiger partial charge in [-0.25, -0.2) is 5.43 Å². The van der Waals surface area contributed by atoms with Crippen molar-refractivity contribution in [2.75, 3.05) is 6.61 Å². The Hall–Kier alpha value is -2.28. The zero-order valence-corrected chi connectivity index (χ0v) is 15.1. The highest BCUT2D eigenvalue weighted by molar-refractivity contribution is 6.32. The van der Waals surface area contributed by atoms with Crippen molar-refractivity contribution in [3.05, 3.63) is 28.8 Å². The van der Waals surface area contributed by atoms with Crippen LogP contribution in [0.1, 0.15) is 44.6 Å². The van der Waals surface area contributed by atoms with Gasteiger partial charge in [0.2, 0.25) is 5.96 Å². The fourth-order valence-corrected chi connectivity index (χ4v) is 2.70. The van der Waals surface area contributed by atoms with Gasteiger partial charge in [0.05, 0.1) is 17.8 Å². The quantitative estimate of drug-likeness (QED) is 0.361. The number of carboxylic acid groups (broad SMARTS) is 1. The minimum Gasteiger partial charge on any atom is -0.492 e. The highest BCUT2D eigenvalue weighted by Crippen LogP contribution is 2.28. The molecule has 1 aliphatic carbocycles. The van der Waals surface area contributed by atoms with Crippen molar-refractivity contribution in [1.29, 1.82) is 5.41 Å². The summed E-state index contributed by atoms with van der Waals surface area (Å²) in [5.74, 6) is 0.319. The van der Waals surface area contributed by atoms with Crippen molar-refractivity contribution in [1.82, 2.24) is 5.43 Å². The maximum absolute atomic E-state index is 9.00. The molecule has 7 nitrogen and oxygen atoms in total. The molecular weight excluding hydrogens is 344 g/mol. The molecule has 0 bridgehead atoms. The molecule has 0 aliphatic heterocycles. The Kier molecular flexibility index (Phi) is 9.39. The highest BCUT2D eigenvalue weighted by Gasteiger charge is 2.14. The third-order valence-corrected chi connectivity index (χ3v) is 3.85. The summed E-state index contributed by atoms with van der Waals surface area (Å²) in [7, 11) is 0. The first kappa shape index (κ1) is 20.8. The van der Waals surface area contributed by atoms with Crippen LogP contribution < -0.4 is 15.9 Å². The van der Waals surface area contributed by atoms with Crippen LogP contribution in [0, 0.1) is 11.3 Å². The maximum atomic E-state index is 9.00. The number of nitrogens with zero attached hydrogens (tertiary/aromatic N) is 1. The van der Waals surface area contributed by atoms with Crippen LogP contribution in [0.15, 0.2) is 23.3 Å². The van der Waals surface area contributed by atoms with Gasteiger partial charge in [0, 0.05) is 6.92 Å². The summed E-state index contributed by atoms with van der Waals surface area (Å²) in [5, 5.41) is 18.8. The lowest BCUT2D eigenvalue weighted by Crippen LogP contribution is -2.25. The summed E-state index contributed by atoms with van der Waals surface area (Å²) in [5.41, 5.74) is 8.30. The molecule has 0 amide bonds. The molecule has 0 radical (unpaired) electrons. The van der Waals surface area contributed by atoms with Crippen molar-refractivity contribution in [3.8, 4) is 5.75 Å². The van der Waals surface area contributed by atoms with E-state index in [1.54, 1.807) is 12.3 Å². The van der Waals surface area contributed by atoms with E-state index in [-0.39, 0.29) is 5.96 Å². The number of hydrogen-bond donors (Lipinski definition) is 4. The molecule has 8 heteroatoms. The van der Waals surface area contributed by atoms with Crippen LogP contribution in [0.3, 0.4) is 0 Å². The van der Waals surface area contributed by atoms with Gasteiger partial charge in [-0.15, -0.1) is 0 Å². The van der Waals surface area contributed by atoms with Gasteiger partial charge < -0.3 is 15.6 Å². The van der Waals surface area contributed by atoms with Crippen molar-refractivity contribution in [2.24, 2.45) is 16.8 Å². The predicted molar refractivity (Wildman–Crippen MR) is 99.5 cm³/mol. The number of hydrogen-bond acceptors (Lipinski definition) is 4. The number of ether oxygens (including phenoxy) is 1.